The topological polar surface area (TPSA) is 131 Å². The van der Waals surface area contributed by atoms with Gasteiger partial charge in [0.15, 0.2) is 11.5 Å². The third-order valence-electron chi connectivity index (χ3n) is 5.84. The molecule has 1 aromatic carbocycles. The standard InChI is InChI=1S/C30H47NO8/c1-11-18(2)27(34)36-19(3)20(4)37-28(35)22(31)14-21-12-13-23(38-25(32)16-29(5,6)7)24(15-21)39-26(33)17-30(8,9)10/h12-13,15,18-20,22H,11,14,16-17,31H2,1-10H3/t18?,19?,20-,22-/m0/s1. The number of esters is 4. The van der Waals surface area contributed by atoms with Crippen molar-refractivity contribution in [2.24, 2.45) is 22.5 Å². The lowest BCUT2D eigenvalue weighted by molar-refractivity contribution is -0.168. The minimum absolute atomic E-state index is 0.0727. The van der Waals surface area contributed by atoms with E-state index in [4.69, 9.17) is 24.7 Å². The summed E-state index contributed by atoms with van der Waals surface area (Å²) >= 11 is 0. The molecule has 9 nitrogen and oxygen atoms in total. The van der Waals surface area contributed by atoms with Crippen LogP contribution in [0.3, 0.4) is 0 Å². The second-order valence-electron chi connectivity index (χ2n) is 12.6. The average Bonchev–Trinajstić information content (AvgIpc) is 2.77. The fourth-order valence-electron chi connectivity index (χ4n) is 3.29. The molecule has 9 heteroatoms. The molecule has 2 unspecified atom stereocenters. The van der Waals surface area contributed by atoms with E-state index in [0.717, 1.165) is 0 Å². The summed E-state index contributed by atoms with van der Waals surface area (Å²) in [7, 11) is 0. The Morgan fingerprint density at radius 1 is 0.769 bits per heavy atom. The Kier molecular flexibility index (Phi) is 12.6. The molecular weight excluding hydrogens is 502 g/mol. The Morgan fingerprint density at radius 2 is 1.23 bits per heavy atom. The van der Waals surface area contributed by atoms with Gasteiger partial charge in [-0.3, -0.25) is 19.2 Å². The van der Waals surface area contributed by atoms with Crippen molar-refractivity contribution in [1.82, 2.24) is 0 Å². The zero-order valence-electron chi connectivity index (χ0n) is 25.2. The maximum atomic E-state index is 12.7. The first-order chi connectivity index (χ1) is 17.8. The molecule has 0 fully saturated rings. The van der Waals surface area contributed by atoms with Crippen molar-refractivity contribution in [1.29, 1.82) is 0 Å². The van der Waals surface area contributed by atoms with E-state index in [9.17, 15) is 19.2 Å². The Hall–Kier alpha value is -2.94. The summed E-state index contributed by atoms with van der Waals surface area (Å²) in [6.07, 6.45) is -0.298. The van der Waals surface area contributed by atoms with E-state index in [1.165, 1.54) is 12.1 Å². The van der Waals surface area contributed by atoms with Gasteiger partial charge in [-0.25, -0.2) is 0 Å². The summed E-state index contributed by atoms with van der Waals surface area (Å²) in [5, 5.41) is 0. The van der Waals surface area contributed by atoms with Gasteiger partial charge in [-0.05, 0) is 55.2 Å². The Balaban J connectivity index is 3.00. The Morgan fingerprint density at radius 3 is 1.69 bits per heavy atom. The van der Waals surface area contributed by atoms with Crippen LogP contribution < -0.4 is 15.2 Å². The van der Waals surface area contributed by atoms with Crippen LogP contribution in [0.4, 0.5) is 0 Å². The summed E-state index contributed by atoms with van der Waals surface area (Å²) in [4.78, 5) is 49.7. The molecule has 220 valence electrons. The zero-order valence-corrected chi connectivity index (χ0v) is 25.2. The van der Waals surface area contributed by atoms with Gasteiger partial charge in [0.05, 0.1) is 18.8 Å². The highest BCUT2D eigenvalue weighted by Gasteiger charge is 2.27. The Labute approximate surface area is 233 Å². The number of benzene rings is 1. The van der Waals surface area contributed by atoms with Gasteiger partial charge in [-0.2, -0.15) is 0 Å². The minimum Gasteiger partial charge on any atom is -0.459 e. The van der Waals surface area contributed by atoms with Gasteiger partial charge in [0, 0.05) is 0 Å². The number of hydrogen-bond donors (Lipinski definition) is 1. The van der Waals surface area contributed by atoms with E-state index in [-0.39, 0.29) is 53.5 Å². The van der Waals surface area contributed by atoms with Gasteiger partial charge in [0.2, 0.25) is 0 Å². The highest BCUT2D eigenvalue weighted by Crippen LogP contribution is 2.32. The number of nitrogens with two attached hydrogens (primary N) is 1. The molecule has 0 saturated carbocycles. The quantitative estimate of drug-likeness (QED) is 0.278. The summed E-state index contributed by atoms with van der Waals surface area (Å²) in [5.74, 6) is -2.03. The summed E-state index contributed by atoms with van der Waals surface area (Å²) < 4.78 is 21.9. The molecule has 0 bridgehead atoms. The highest BCUT2D eigenvalue weighted by molar-refractivity contribution is 5.78. The van der Waals surface area contributed by atoms with Crippen LogP contribution >= 0.6 is 0 Å². The van der Waals surface area contributed by atoms with Crippen LogP contribution in [0.1, 0.15) is 94.1 Å². The van der Waals surface area contributed by atoms with Gasteiger partial charge < -0.3 is 24.7 Å². The molecule has 0 amide bonds. The van der Waals surface area contributed by atoms with Crippen molar-refractivity contribution in [3.8, 4) is 11.5 Å². The summed E-state index contributed by atoms with van der Waals surface area (Å²) in [6.45, 7) is 18.4. The third-order valence-corrected chi connectivity index (χ3v) is 5.84. The van der Waals surface area contributed by atoms with Crippen LogP contribution in [0.25, 0.3) is 0 Å². The molecule has 0 saturated heterocycles. The van der Waals surface area contributed by atoms with E-state index in [1.807, 2.05) is 48.5 Å². The molecule has 2 N–H and O–H groups in total. The fourth-order valence-corrected chi connectivity index (χ4v) is 3.29. The molecule has 0 aliphatic carbocycles. The van der Waals surface area contributed by atoms with Gasteiger partial charge >= 0.3 is 23.9 Å². The van der Waals surface area contributed by atoms with Crippen LogP contribution in [0.15, 0.2) is 18.2 Å². The maximum Gasteiger partial charge on any atom is 0.323 e. The number of ether oxygens (including phenoxy) is 4. The van der Waals surface area contributed by atoms with Crippen molar-refractivity contribution < 1.29 is 38.1 Å². The third kappa shape index (κ3) is 13.1. The summed E-state index contributed by atoms with van der Waals surface area (Å²) in [6, 6.07) is 3.67. The van der Waals surface area contributed by atoms with Gasteiger partial charge in [-0.1, -0.05) is 61.5 Å². The normalized spacial score (nSPS) is 14.9. The number of carbonyl (C=O) groups excluding carboxylic acids is 4. The fraction of sp³-hybridized carbons (Fsp3) is 0.667. The first-order valence-corrected chi connectivity index (χ1v) is 13.5. The molecule has 4 atom stereocenters. The number of carbonyl (C=O) groups is 4. The lowest BCUT2D eigenvalue weighted by Crippen LogP contribution is -2.40. The zero-order chi connectivity index (χ0) is 30.1. The second-order valence-corrected chi connectivity index (χ2v) is 12.6. The lowest BCUT2D eigenvalue weighted by atomic mass is 9.92. The molecule has 0 aromatic heterocycles. The first-order valence-electron chi connectivity index (χ1n) is 13.5. The Bertz CT molecular complexity index is 1010. The van der Waals surface area contributed by atoms with E-state index in [1.54, 1.807) is 26.8 Å². The highest BCUT2D eigenvalue weighted by atomic mass is 16.6. The average molecular weight is 550 g/mol. The second kappa shape index (κ2) is 14.4. The largest absolute Gasteiger partial charge is 0.459 e. The molecule has 39 heavy (non-hydrogen) atoms. The molecular formula is C30H47NO8. The van der Waals surface area contributed by atoms with E-state index in [2.05, 4.69) is 0 Å². The van der Waals surface area contributed by atoms with Gasteiger partial charge in [0.25, 0.3) is 0 Å². The smallest absolute Gasteiger partial charge is 0.323 e. The SMILES string of the molecule is CCC(C)C(=O)OC(C)[C@H](C)OC(=O)[C@@H](N)Cc1ccc(OC(=O)CC(C)(C)C)c(OC(=O)CC(C)(C)C)c1. The van der Waals surface area contributed by atoms with Crippen LogP contribution in [0.2, 0.25) is 0 Å². The van der Waals surface area contributed by atoms with Crippen molar-refractivity contribution in [3.05, 3.63) is 23.8 Å². The lowest BCUT2D eigenvalue weighted by Gasteiger charge is -2.23. The van der Waals surface area contributed by atoms with Crippen LogP contribution in [-0.2, 0) is 35.1 Å². The number of rotatable bonds is 12. The van der Waals surface area contributed by atoms with Crippen molar-refractivity contribution in [2.45, 2.75) is 113 Å². The molecule has 1 rings (SSSR count). The van der Waals surface area contributed by atoms with Crippen molar-refractivity contribution >= 4 is 23.9 Å². The predicted molar refractivity (Wildman–Crippen MR) is 148 cm³/mol. The van der Waals surface area contributed by atoms with E-state index in [0.29, 0.717) is 12.0 Å². The van der Waals surface area contributed by atoms with Crippen molar-refractivity contribution in [3.63, 3.8) is 0 Å². The van der Waals surface area contributed by atoms with E-state index >= 15 is 0 Å². The molecule has 0 radical (unpaired) electrons. The van der Waals surface area contributed by atoms with E-state index < -0.39 is 36.2 Å². The van der Waals surface area contributed by atoms with Gasteiger partial charge in [-0.15, -0.1) is 0 Å². The van der Waals surface area contributed by atoms with Crippen LogP contribution in [-0.4, -0.2) is 42.1 Å². The summed E-state index contributed by atoms with van der Waals surface area (Å²) in [5.41, 5.74) is 6.11. The predicted octanol–water partition coefficient (Wildman–Crippen LogP) is 5.15. The molecule has 0 aliphatic rings. The van der Waals surface area contributed by atoms with Crippen molar-refractivity contribution in [2.75, 3.05) is 0 Å². The minimum atomic E-state index is -1.03. The van der Waals surface area contributed by atoms with Crippen LogP contribution in [0.5, 0.6) is 11.5 Å². The molecule has 0 aliphatic heterocycles. The monoisotopic (exact) mass is 549 g/mol. The number of hydrogen-bond acceptors (Lipinski definition) is 9. The molecule has 0 spiro atoms. The van der Waals surface area contributed by atoms with Gasteiger partial charge in [0.1, 0.15) is 18.2 Å². The van der Waals surface area contributed by atoms with Crippen LogP contribution in [0, 0.1) is 16.7 Å². The molecule has 0 heterocycles. The molecule has 1 aromatic rings. The first kappa shape index (κ1) is 34.1. The maximum absolute atomic E-state index is 12.7.